The van der Waals surface area contributed by atoms with Gasteiger partial charge in [-0.15, -0.1) is 0 Å². The summed E-state index contributed by atoms with van der Waals surface area (Å²) in [4.78, 5) is 20.0. The zero-order chi connectivity index (χ0) is 15.7. The van der Waals surface area contributed by atoms with Gasteiger partial charge >= 0.3 is 0 Å². The van der Waals surface area contributed by atoms with Gasteiger partial charge in [-0.1, -0.05) is 0 Å². The predicted octanol–water partition coefficient (Wildman–Crippen LogP) is 3.57. The number of pyridine rings is 1. The van der Waals surface area contributed by atoms with Gasteiger partial charge in [0.05, 0.1) is 14.2 Å². The van der Waals surface area contributed by atoms with Gasteiger partial charge in [0.2, 0.25) is 0 Å². The van der Waals surface area contributed by atoms with Gasteiger partial charge in [0, 0.05) is 39.4 Å². The smallest absolute Gasteiger partial charge is 0.195 e. The first-order valence-electron chi connectivity index (χ1n) is 6.53. The van der Waals surface area contributed by atoms with Gasteiger partial charge in [-0.05, 0) is 34.1 Å². The molecule has 0 aliphatic heterocycles. The summed E-state index contributed by atoms with van der Waals surface area (Å²) in [6.07, 6.45) is 3.35. The van der Waals surface area contributed by atoms with Crippen LogP contribution in [0.3, 0.4) is 0 Å². The monoisotopic (exact) mass is 360 g/mol. The van der Waals surface area contributed by atoms with Crippen molar-refractivity contribution >= 4 is 32.7 Å². The Kier molecular flexibility index (Phi) is 3.85. The van der Waals surface area contributed by atoms with Gasteiger partial charge in [0.15, 0.2) is 5.78 Å². The number of rotatable bonds is 4. The zero-order valence-corrected chi connectivity index (χ0v) is 13.6. The number of nitrogens with zero attached hydrogens (tertiary/aromatic N) is 1. The molecule has 6 heteroatoms. The second-order valence-corrected chi connectivity index (χ2v) is 5.60. The van der Waals surface area contributed by atoms with Gasteiger partial charge in [-0.2, -0.15) is 0 Å². The van der Waals surface area contributed by atoms with Crippen LogP contribution in [-0.4, -0.2) is 30.0 Å². The Morgan fingerprint density at radius 2 is 1.82 bits per heavy atom. The van der Waals surface area contributed by atoms with Crippen molar-refractivity contribution in [3.05, 3.63) is 52.3 Å². The van der Waals surface area contributed by atoms with E-state index in [2.05, 4.69) is 25.9 Å². The second kappa shape index (κ2) is 5.81. The molecule has 0 atom stereocenters. The standard InChI is InChI=1S/C16H13BrN2O3/c1-21-11-3-9(4-12(6-11)22-2)15(20)14-8-19-16-13(14)5-10(17)7-18-16/h3-8H,1-2H3,(H,18,19). The van der Waals surface area contributed by atoms with Crippen LogP contribution in [0, 0.1) is 0 Å². The van der Waals surface area contributed by atoms with E-state index in [1.807, 2.05) is 6.07 Å². The number of nitrogens with one attached hydrogen (secondary N) is 1. The summed E-state index contributed by atoms with van der Waals surface area (Å²) < 4.78 is 11.2. The number of aromatic nitrogens is 2. The lowest BCUT2D eigenvalue weighted by atomic mass is 10.0. The third-order valence-electron chi connectivity index (χ3n) is 3.36. The minimum atomic E-state index is -0.122. The van der Waals surface area contributed by atoms with E-state index in [9.17, 15) is 4.79 Å². The lowest BCUT2D eigenvalue weighted by Crippen LogP contribution is -2.02. The Bertz CT molecular complexity index is 835. The molecule has 1 N–H and O–H groups in total. The minimum absolute atomic E-state index is 0.122. The van der Waals surface area contributed by atoms with E-state index in [-0.39, 0.29) is 5.78 Å². The fraction of sp³-hybridized carbons (Fsp3) is 0.125. The molecule has 0 aliphatic rings. The van der Waals surface area contributed by atoms with Crippen molar-refractivity contribution in [2.24, 2.45) is 0 Å². The summed E-state index contributed by atoms with van der Waals surface area (Å²) in [5.41, 5.74) is 1.72. The molecule has 0 amide bonds. The van der Waals surface area contributed by atoms with Crippen LogP contribution in [0.25, 0.3) is 11.0 Å². The Labute approximate surface area is 135 Å². The highest BCUT2D eigenvalue weighted by atomic mass is 79.9. The van der Waals surface area contributed by atoms with Crippen molar-refractivity contribution in [2.45, 2.75) is 0 Å². The van der Waals surface area contributed by atoms with E-state index >= 15 is 0 Å². The van der Waals surface area contributed by atoms with Crippen LogP contribution < -0.4 is 9.47 Å². The number of carbonyl (C=O) groups is 1. The Morgan fingerprint density at radius 1 is 1.14 bits per heavy atom. The summed E-state index contributed by atoms with van der Waals surface area (Å²) in [5.74, 6) is 1.02. The molecule has 0 saturated carbocycles. The summed E-state index contributed by atoms with van der Waals surface area (Å²) in [7, 11) is 3.10. The number of carbonyl (C=O) groups excluding carboxylic acids is 1. The number of hydrogen-bond acceptors (Lipinski definition) is 4. The molecule has 0 fully saturated rings. The van der Waals surface area contributed by atoms with Crippen molar-refractivity contribution in [2.75, 3.05) is 14.2 Å². The lowest BCUT2D eigenvalue weighted by Gasteiger charge is -2.07. The molecule has 112 valence electrons. The van der Waals surface area contributed by atoms with Gasteiger partial charge < -0.3 is 14.5 Å². The summed E-state index contributed by atoms with van der Waals surface area (Å²) in [6, 6.07) is 6.97. The van der Waals surface area contributed by atoms with Gasteiger partial charge in [-0.3, -0.25) is 4.79 Å². The number of fused-ring (bicyclic) bond motifs is 1. The number of methoxy groups -OCH3 is 2. The molecular weight excluding hydrogens is 348 g/mol. The van der Waals surface area contributed by atoms with E-state index in [1.165, 1.54) is 0 Å². The van der Waals surface area contributed by atoms with E-state index in [4.69, 9.17) is 9.47 Å². The van der Waals surface area contributed by atoms with Gasteiger partial charge in [-0.25, -0.2) is 4.98 Å². The molecule has 1 aromatic carbocycles. The maximum Gasteiger partial charge on any atom is 0.195 e. The maximum atomic E-state index is 12.8. The highest BCUT2D eigenvalue weighted by Crippen LogP contribution is 2.27. The number of hydrogen-bond donors (Lipinski definition) is 1. The largest absolute Gasteiger partial charge is 0.497 e. The molecule has 0 saturated heterocycles. The molecule has 0 radical (unpaired) electrons. The predicted molar refractivity (Wildman–Crippen MR) is 86.8 cm³/mol. The van der Waals surface area contributed by atoms with Crippen LogP contribution >= 0.6 is 15.9 Å². The third kappa shape index (κ3) is 2.57. The van der Waals surface area contributed by atoms with Gasteiger partial charge in [0.25, 0.3) is 0 Å². The molecule has 3 rings (SSSR count). The summed E-state index contributed by atoms with van der Waals surface area (Å²) in [5, 5.41) is 0.765. The molecule has 3 aromatic rings. The van der Waals surface area contributed by atoms with Crippen LogP contribution in [0.2, 0.25) is 0 Å². The first-order valence-corrected chi connectivity index (χ1v) is 7.32. The van der Waals surface area contributed by atoms with Gasteiger partial charge in [0.1, 0.15) is 17.1 Å². The Morgan fingerprint density at radius 3 is 2.45 bits per heavy atom. The lowest BCUT2D eigenvalue weighted by molar-refractivity contribution is 0.103. The number of benzene rings is 1. The minimum Gasteiger partial charge on any atom is -0.497 e. The number of halogens is 1. The molecule has 5 nitrogen and oxygen atoms in total. The molecule has 2 heterocycles. The molecule has 0 spiro atoms. The van der Waals surface area contributed by atoms with E-state index < -0.39 is 0 Å². The number of H-pyrrole nitrogens is 1. The molecule has 0 aliphatic carbocycles. The van der Waals surface area contributed by atoms with Crippen LogP contribution in [0.5, 0.6) is 11.5 Å². The average molecular weight is 361 g/mol. The van der Waals surface area contributed by atoms with E-state index in [0.29, 0.717) is 28.3 Å². The quantitative estimate of drug-likeness (QED) is 0.722. The number of aromatic amines is 1. The number of ketones is 1. The molecule has 0 unspecified atom stereocenters. The number of ether oxygens (including phenoxy) is 2. The van der Waals surface area contributed by atoms with Crippen molar-refractivity contribution in [1.82, 2.24) is 9.97 Å². The zero-order valence-electron chi connectivity index (χ0n) is 12.0. The van der Waals surface area contributed by atoms with Crippen LogP contribution in [-0.2, 0) is 0 Å². The molecule has 22 heavy (non-hydrogen) atoms. The fourth-order valence-electron chi connectivity index (χ4n) is 2.26. The topological polar surface area (TPSA) is 64.2 Å². The highest BCUT2D eigenvalue weighted by Gasteiger charge is 2.17. The first-order chi connectivity index (χ1) is 10.6. The van der Waals surface area contributed by atoms with E-state index in [0.717, 1.165) is 9.86 Å². The second-order valence-electron chi connectivity index (χ2n) is 4.68. The SMILES string of the molecule is COc1cc(OC)cc(C(=O)c2c[nH]c3ncc(Br)cc23)c1. The summed E-state index contributed by atoms with van der Waals surface area (Å²) >= 11 is 3.37. The Hall–Kier alpha value is -2.34. The normalized spacial score (nSPS) is 10.7. The average Bonchev–Trinajstić information content (AvgIpc) is 2.96. The van der Waals surface area contributed by atoms with Crippen LogP contribution in [0.1, 0.15) is 15.9 Å². The van der Waals surface area contributed by atoms with Crippen molar-refractivity contribution in [1.29, 1.82) is 0 Å². The van der Waals surface area contributed by atoms with Crippen LogP contribution in [0.4, 0.5) is 0 Å². The fourth-order valence-corrected chi connectivity index (χ4v) is 2.59. The van der Waals surface area contributed by atoms with Crippen LogP contribution in [0.15, 0.2) is 41.1 Å². The third-order valence-corrected chi connectivity index (χ3v) is 3.79. The highest BCUT2D eigenvalue weighted by molar-refractivity contribution is 9.10. The molecular formula is C16H13BrN2O3. The van der Waals surface area contributed by atoms with Crippen molar-refractivity contribution < 1.29 is 14.3 Å². The first kappa shape index (κ1) is 14.6. The Balaban J connectivity index is 2.11. The summed E-state index contributed by atoms with van der Waals surface area (Å²) in [6.45, 7) is 0. The van der Waals surface area contributed by atoms with Crippen molar-refractivity contribution in [3.63, 3.8) is 0 Å². The molecule has 2 aromatic heterocycles. The molecule has 0 bridgehead atoms. The van der Waals surface area contributed by atoms with Crippen molar-refractivity contribution in [3.8, 4) is 11.5 Å². The van der Waals surface area contributed by atoms with E-state index in [1.54, 1.807) is 44.8 Å². The maximum absolute atomic E-state index is 12.8.